The maximum Gasteiger partial charge on any atom is 0.248 e. The van der Waals surface area contributed by atoms with E-state index in [9.17, 15) is 9.59 Å². The van der Waals surface area contributed by atoms with Crippen molar-refractivity contribution in [3.63, 3.8) is 0 Å². The van der Waals surface area contributed by atoms with E-state index in [1.165, 1.54) is 6.42 Å². The molecule has 0 spiro atoms. The molecule has 1 amide bonds. The second-order valence-electron chi connectivity index (χ2n) is 6.04. The first kappa shape index (κ1) is 15.7. The molecule has 3 rings (SSSR count). The lowest BCUT2D eigenvalue weighted by atomic mass is 10.1. The number of nitrogens with zero attached hydrogens (tertiary/aromatic N) is 1. The van der Waals surface area contributed by atoms with Crippen molar-refractivity contribution in [1.82, 2.24) is 9.88 Å². The van der Waals surface area contributed by atoms with Crippen molar-refractivity contribution in [3.05, 3.63) is 45.7 Å². The van der Waals surface area contributed by atoms with Gasteiger partial charge in [-0.2, -0.15) is 0 Å². The number of para-hydroxylation sites is 1. The lowest BCUT2D eigenvalue weighted by Crippen LogP contribution is -2.38. The van der Waals surface area contributed by atoms with Gasteiger partial charge < -0.3 is 14.6 Å². The summed E-state index contributed by atoms with van der Waals surface area (Å²) in [7, 11) is 0. The molecule has 2 heterocycles. The van der Waals surface area contributed by atoms with Crippen LogP contribution in [-0.2, 0) is 16.1 Å². The highest BCUT2D eigenvalue weighted by Gasteiger charge is 2.16. The smallest absolute Gasteiger partial charge is 0.248 e. The number of fused-ring (bicyclic) bond motifs is 1. The molecule has 1 N–H and O–H groups in total. The standard InChI is InChI=1S/C18H22N2O3/c1-13-16(19-15-8-4-3-7-14(15)18(13)22)11-23-12-17(21)20-9-5-2-6-10-20/h3-4,7-8H,2,5-6,9-12H2,1H3,(H,19,22). The summed E-state index contributed by atoms with van der Waals surface area (Å²) in [5.41, 5.74) is 2.19. The van der Waals surface area contributed by atoms with Gasteiger partial charge in [0.2, 0.25) is 5.91 Å². The molecule has 0 aliphatic carbocycles. The van der Waals surface area contributed by atoms with Gasteiger partial charge in [-0.05, 0) is 38.3 Å². The highest BCUT2D eigenvalue weighted by atomic mass is 16.5. The fourth-order valence-corrected chi connectivity index (χ4v) is 3.00. The van der Waals surface area contributed by atoms with Crippen LogP contribution in [0.2, 0.25) is 0 Å². The van der Waals surface area contributed by atoms with Crippen molar-refractivity contribution in [2.45, 2.75) is 32.8 Å². The number of carbonyl (C=O) groups excluding carboxylic acids is 1. The normalized spacial score (nSPS) is 15.1. The number of piperidine rings is 1. The molecule has 2 aromatic rings. The number of likely N-dealkylation sites (tertiary alicyclic amines) is 1. The lowest BCUT2D eigenvalue weighted by molar-refractivity contribution is -0.137. The Hall–Kier alpha value is -2.14. The van der Waals surface area contributed by atoms with Crippen LogP contribution in [-0.4, -0.2) is 35.5 Å². The van der Waals surface area contributed by atoms with Gasteiger partial charge in [0.15, 0.2) is 5.43 Å². The van der Waals surface area contributed by atoms with E-state index in [1.54, 1.807) is 6.92 Å². The second-order valence-corrected chi connectivity index (χ2v) is 6.04. The number of pyridine rings is 1. The minimum absolute atomic E-state index is 0.0142. The van der Waals surface area contributed by atoms with Crippen LogP contribution in [0.25, 0.3) is 10.9 Å². The number of H-pyrrole nitrogens is 1. The van der Waals surface area contributed by atoms with Gasteiger partial charge in [0.1, 0.15) is 6.61 Å². The summed E-state index contributed by atoms with van der Waals surface area (Å²) in [6, 6.07) is 7.42. The number of carbonyl (C=O) groups is 1. The molecule has 5 nitrogen and oxygen atoms in total. The number of hydrogen-bond donors (Lipinski definition) is 1. The van der Waals surface area contributed by atoms with Gasteiger partial charge in [-0.3, -0.25) is 9.59 Å². The zero-order valence-electron chi connectivity index (χ0n) is 13.4. The molecule has 0 bridgehead atoms. The maximum absolute atomic E-state index is 12.3. The van der Waals surface area contributed by atoms with Gasteiger partial charge in [-0.1, -0.05) is 12.1 Å². The number of aromatic amines is 1. The largest absolute Gasteiger partial charge is 0.365 e. The summed E-state index contributed by atoms with van der Waals surface area (Å²) in [5.74, 6) is 0.0329. The van der Waals surface area contributed by atoms with Crippen LogP contribution in [0.3, 0.4) is 0 Å². The Morgan fingerprint density at radius 1 is 1.22 bits per heavy atom. The molecule has 0 atom stereocenters. The van der Waals surface area contributed by atoms with Gasteiger partial charge in [0, 0.05) is 35.2 Å². The molecule has 0 unspecified atom stereocenters. The molecule has 1 aliphatic heterocycles. The lowest BCUT2D eigenvalue weighted by Gasteiger charge is -2.26. The summed E-state index contributed by atoms with van der Waals surface area (Å²) in [6.07, 6.45) is 3.34. The highest BCUT2D eigenvalue weighted by molar-refractivity contribution is 5.79. The first-order valence-electron chi connectivity index (χ1n) is 8.13. The Bertz CT molecular complexity index is 760. The van der Waals surface area contributed by atoms with Crippen LogP contribution in [0.4, 0.5) is 0 Å². The zero-order valence-corrected chi connectivity index (χ0v) is 13.4. The molecular formula is C18H22N2O3. The molecule has 0 radical (unpaired) electrons. The first-order valence-corrected chi connectivity index (χ1v) is 8.13. The van der Waals surface area contributed by atoms with Crippen LogP contribution in [0.15, 0.2) is 29.1 Å². The third-order valence-electron chi connectivity index (χ3n) is 4.43. The van der Waals surface area contributed by atoms with Crippen LogP contribution in [0, 0.1) is 6.92 Å². The minimum Gasteiger partial charge on any atom is -0.365 e. The van der Waals surface area contributed by atoms with E-state index < -0.39 is 0 Å². The van der Waals surface area contributed by atoms with E-state index >= 15 is 0 Å². The quantitative estimate of drug-likeness (QED) is 0.942. The average molecular weight is 314 g/mol. The Labute approximate surface area is 135 Å². The fraction of sp³-hybridized carbons (Fsp3) is 0.444. The molecule has 23 heavy (non-hydrogen) atoms. The topological polar surface area (TPSA) is 62.4 Å². The van der Waals surface area contributed by atoms with Crippen LogP contribution in [0.1, 0.15) is 30.5 Å². The molecule has 1 fully saturated rings. The third kappa shape index (κ3) is 3.45. The average Bonchev–Trinajstić information content (AvgIpc) is 2.60. The number of rotatable bonds is 4. The molecule has 122 valence electrons. The second kappa shape index (κ2) is 6.96. The van der Waals surface area contributed by atoms with Gasteiger partial charge in [-0.15, -0.1) is 0 Å². The number of aromatic nitrogens is 1. The summed E-state index contributed by atoms with van der Waals surface area (Å²) >= 11 is 0. The summed E-state index contributed by atoms with van der Waals surface area (Å²) in [4.78, 5) is 29.5. The van der Waals surface area contributed by atoms with E-state index in [-0.39, 0.29) is 24.5 Å². The molecule has 1 aromatic heterocycles. The van der Waals surface area contributed by atoms with Crippen LogP contribution in [0.5, 0.6) is 0 Å². The molecule has 0 saturated carbocycles. The third-order valence-corrected chi connectivity index (χ3v) is 4.43. The van der Waals surface area contributed by atoms with E-state index in [4.69, 9.17) is 4.74 Å². The Morgan fingerprint density at radius 2 is 1.96 bits per heavy atom. The van der Waals surface area contributed by atoms with E-state index in [0.717, 1.165) is 37.1 Å². The molecule has 1 aliphatic rings. The number of amides is 1. The van der Waals surface area contributed by atoms with Crippen LogP contribution < -0.4 is 5.43 Å². The molecule has 1 saturated heterocycles. The van der Waals surface area contributed by atoms with Crippen molar-refractivity contribution >= 4 is 16.8 Å². The van der Waals surface area contributed by atoms with Crippen molar-refractivity contribution < 1.29 is 9.53 Å². The Morgan fingerprint density at radius 3 is 2.74 bits per heavy atom. The summed E-state index contributed by atoms with van der Waals surface area (Å²) in [6.45, 7) is 3.75. The monoisotopic (exact) mass is 314 g/mol. The number of nitrogens with one attached hydrogen (secondary N) is 1. The van der Waals surface area contributed by atoms with Crippen molar-refractivity contribution in [2.24, 2.45) is 0 Å². The Kier molecular flexibility index (Phi) is 4.76. The first-order chi connectivity index (χ1) is 11.2. The maximum atomic E-state index is 12.3. The van der Waals surface area contributed by atoms with Gasteiger partial charge in [-0.25, -0.2) is 0 Å². The Balaban J connectivity index is 1.66. The fourth-order valence-electron chi connectivity index (χ4n) is 3.00. The van der Waals surface area contributed by atoms with Gasteiger partial charge >= 0.3 is 0 Å². The van der Waals surface area contributed by atoms with Crippen molar-refractivity contribution in [1.29, 1.82) is 0 Å². The number of benzene rings is 1. The number of ether oxygens (including phenoxy) is 1. The zero-order chi connectivity index (χ0) is 16.2. The van der Waals surface area contributed by atoms with Crippen molar-refractivity contribution in [3.8, 4) is 0 Å². The minimum atomic E-state index is 0.0142. The van der Waals surface area contributed by atoms with E-state index in [0.29, 0.717) is 10.9 Å². The van der Waals surface area contributed by atoms with Gasteiger partial charge in [0.05, 0.1) is 6.61 Å². The SMILES string of the molecule is Cc1c(COCC(=O)N2CCCCC2)[nH]c2ccccc2c1=O. The van der Waals surface area contributed by atoms with E-state index in [2.05, 4.69) is 4.98 Å². The molecule has 5 heteroatoms. The van der Waals surface area contributed by atoms with Crippen LogP contribution >= 0.6 is 0 Å². The van der Waals surface area contributed by atoms with Crippen molar-refractivity contribution in [2.75, 3.05) is 19.7 Å². The summed E-state index contributed by atoms with van der Waals surface area (Å²) in [5, 5.41) is 0.679. The predicted octanol–water partition coefficient (Wildman–Crippen LogP) is 2.37. The predicted molar refractivity (Wildman–Crippen MR) is 89.4 cm³/mol. The molecule has 1 aromatic carbocycles. The highest BCUT2D eigenvalue weighted by Crippen LogP contribution is 2.12. The summed E-state index contributed by atoms with van der Waals surface area (Å²) < 4.78 is 5.56. The van der Waals surface area contributed by atoms with Gasteiger partial charge in [0.25, 0.3) is 0 Å². The number of hydrogen-bond acceptors (Lipinski definition) is 3. The van der Waals surface area contributed by atoms with E-state index in [1.807, 2.05) is 29.2 Å². The molecular weight excluding hydrogens is 292 g/mol.